The first-order valence-electron chi connectivity index (χ1n) is 16.6. The highest BCUT2D eigenvalue weighted by atomic mass is 35.5. The summed E-state index contributed by atoms with van der Waals surface area (Å²) in [4.78, 5) is 65.1. The summed E-state index contributed by atoms with van der Waals surface area (Å²) in [7, 11) is -3.10. The number of aliphatic carboxylic acids is 1. The van der Waals surface area contributed by atoms with E-state index in [0.29, 0.717) is 18.6 Å². The standard InChI is InChI=1S/C19H15ClF3NO7.C9H13ClN6.C5H12NO4P/c1-3-29-17(25)10(2)30-18(26)13-9-12(5-6-15(13)24(27)28)31-16-7-4-11(8-14(16)20)19(21,22)23;1-4-12-7-13-6(10)14-8(15-7)16-9(2,3)5-11;1-11(9,10)3-2-4(6)5(7)8/h4-10H,3H2,1-2H3;4H2,1-3H3,(H2,12,13,14,15,16);4H,2-3,6H2,1H3,(H,7,8)(H,9,10). The molecule has 3 atom stereocenters. The maximum atomic E-state index is 12.8. The van der Waals surface area contributed by atoms with Gasteiger partial charge in [-0.1, -0.05) is 11.6 Å². The zero-order valence-electron chi connectivity index (χ0n) is 31.7. The van der Waals surface area contributed by atoms with E-state index in [1.807, 2.05) is 6.92 Å². The molecule has 1 aromatic heterocycles. The molecular weight excluding hydrogens is 843 g/mol. The van der Waals surface area contributed by atoms with Crippen molar-refractivity contribution in [3.63, 3.8) is 0 Å². The smallest absolute Gasteiger partial charge is 0.416 e. The van der Waals surface area contributed by atoms with Crippen LogP contribution >= 0.6 is 30.6 Å². The molecule has 318 valence electrons. The first-order valence-corrected chi connectivity index (χ1v) is 19.6. The van der Waals surface area contributed by atoms with Crippen molar-refractivity contribution < 1.29 is 61.3 Å². The molecule has 25 heteroatoms. The lowest BCUT2D eigenvalue weighted by Gasteiger charge is -2.17. The van der Waals surface area contributed by atoms with Crippen LogP contribution in [0.5, 0.6) is 11.5 Å². The number of carbonyl (C=O) groups excluding carboxylic acids is 2. The Morgan fingerprint density at radius 2 is 1.72 bits per heavy atom. The fourth-order valence-electron chi connectivity index (χ4n) is 3.77. The van der Waals surface area contributed by atoms with Crippen molar-refractivity contribution in [2.45, 2.75) is 64.9 Å². The number of ether oxygens (including phenoxy) is 3. The van der Waals surface area contributed by atoms with E-state index in [1.165, 1.54) is 13.6 Å². The Bertz CT molecular complexity index is 2020. The molecule has 0 amide bonds. The second-order valence-electron chi connectivity index (χ2n) is 12.1. The zero-order valence-corrected chi connectivity index (χ0v) is 34.1. The maximum absolute atomic E-state index is 12.8. The third kappa shape index (κ3) is 18.3. The van der Waals surface area contributed by atoms with Gasteiger partial charge in [-0.2, -0.15) is 33.4 Å². The van der Waals surface area contributed by atoms with Crippen LogP contribution in [0.25, 0.3) is 0 Å². The summed E-state index contributed by atoms with van der Waals surface area (Å²) in [6.07, 6.45) is -5.94. The molecule has 3 unspecified atom stereocenters. The number of hydrogen-bond donors (Lipinski definition) is 5. The van der Waals surface area contributed by atoms with Gasteiger partial charge in [0.25, 0.3) is 5.69 Å². The van der Waals surface area contributed by atoms with Crippen molar-refractivity contribution in [3.8, 4) is 17.6 Å². The molecule has 0 fully saturated rings. The monoisotopic (exact) mass is 882 g/mol. The Morgan fingerprint density at radius 3 is 2.22 bits per heavy atom. The van der Waals surface area contributed by atoms with Crippen molar-refractivity contribution in [3.05, 3.63) is 67.9 Å². The van der Waals surface area contributed by atoms with Crippen LogP contribution in [-0.2, 0) is 29.8 Å². The number of halogens is 5. The van der Waals surface area contributed by atoms with E-state index in [4.69, 9.17) is 58.4 Å². The number of hydrogen-bond acceptors (Lipinski definition) is 16. The number of alkyl halides is 3. The van der Waals surface area contributed by atoms with Crippen LogP contribution in [0.4, 0.5) is 30.8 Å². The van der Waals surface area contributed by atoms with Crippen LogP contribution in [0.2, 0.25) is 10.3 Å². The first kappa shape index (κ1) is 50.7. The number of nitrogens with two attached hydrogens (primary N) is 1. The number of aromatic nitrogens is 3. The number of benzene rings is 2. The first-order chi connectivity index (χ1) is 26.7. The lowest BCUT2D eigenvalue weighted by atomic mass is 10.1. The number of nitro groups is 1. The van der Waals surface area contributed by atoms with Crippen molar-refractivity contribution in [1.82, 2.24) is 15.0 Å². The third-order valence-electron chi connectivity index (χ3n) is 6.59. The average Bonchev–Trinajstić information content (AvgIpc) is 3.10. The molecule has 58 heavy (non-hydrogen) atoms. The van der Waals surface area contributed by atoms with Gasteiger partial charge in [-0.3, -0.25) is 19.5 Å². The normalized spacial score (nSPS) is 13.0. The minimum atomic E-state index is -4.61. The minimum absolute atomic E-state index is 0.0398. The number of nitrogens with one attached hydrogen (secondary N) is 2. The number of carbonyl (C=O) groups is 3. The average molecular weight is 884 g/mol. The third-order valence-corrected chi connectivity index (χ3v) is 8.15. The molecular formula is C33H40Cl2F3N8O11P. The number of anilines is 2. The molecule has 2 aromatic carbocycles. The largest absolute Gasteiger partial charge is 0.480 e. The highest BCUT2D eigenvalue weighted by molar-refractivity contribution is 7.57. The van der Waals surface area contributed by atoms with Gasteiger partial charge in [0.2, 0.25) is 17.2 Å². The molecule has 0 bridgehead atoms. The lowest BCUT2D eigenvalue weighted by molar-refractivity contribution is -0.385. The van der Waals surface area contributed by atoms with Gasteiger partial charge in [0.05, 0.1) is 28.2 Å². The molecule has 1 heterocycles. The fourth-order valence-corrected chi connectivity index (χ4v) is 4.91. The molecule has 3 rings (SSSR count). The summed E-state index contributed by atoms with van der Waals surface area (Å²) >= 11 is 11.6. The van der Waals surface area contributed by atoms with Crippen molar-refractivity contribution >= 4 is 66.1 Å². The number of rotatable bonds is 15. The number of carboxylic acids is 1. The van der Waals surface area contributed by atoms with Gasteiger partial charge in [0.1, 0.15) is 28.6 Å². The number of nitriles is 1. The van der Waals surface area contributed by atoms with Gasteiger partial charge in [0.15, 0.2) is 13.5 Å². The van der Waals surface area contributed by atoms with E-state index in [-0.39, 0.29) is 46.9 Å². The van der Waals surface area contributed by atoms with Gasteiger partial charge >= 0.3 is 24.1 Å². The fraction of sp³-hybridized carbons (Fsp3) is 0.424. The van der Waals surface area contributed by atoms with Crippen molar-refractivity contribution in [2.75, 3.05) is 36.6 Å². The van der Waals surface area contributed by atoms with E-state index in [2.05, 4.69) is 31.7 Å². The van der Waals surface area contributed by atoms with Crippen LogP contribution < -0.4 is 21.1 Å². The molecule has 0 saturated heterocycles. The molecule has 0 aliphatic heterocycles. The Morgan fingerprint density at radius 1 is 1.10 bits per heavy atom. The van der Waals surface area contributed by atoms with E-state index < -0.39 is 70.9 Å². The molecule has 6 N–H and O–H groups in total. The minimum Gasteiger partial charge on any atom is -0.480 e. The summed E-state index contributed by atoms with van der Waals surface area (Å²) < 4.78 is 63.9. The van der Waals surface area contributed by atoms with Gasteiger partial charge in [-0.25, -0.2) is 9.59 Å². The lowest BCUT2D eigenvalue weighted by Crippen LogP contribution is -2.30. The number of nitrogens with zero attached hydrogens (tertiary/aromatic N) is 5. The predicted octanol–water partition coefficient (Wildman–Crippen LogP) is 6.53. The Labute approximate surface area is 339 Å². The topological polar surface area (TPSA) is 292 Å². The van der Waals surface area contributed by atoms with Gasteiger partial charge < -0.3 is 40.6 Å². The molecule has 0 aliphatic rings. The van der Waals surface area contributed by atoms with Crippen LogP contribution in [0.15, 0.2) is 36.4 Å². The van der Waals surface area contributed by atoms with E-state index in [1.54, 1.807) is 20.8 Å². The Kier molecular flexibility index (Phi) is 19.7. The van der Waals surface area contributed by atoms with Gasteiger partial charge in [-0.05, 0) is 76.9 Å². The maximum Gasteiger partial charge on any atom is 0.416 e. The Hall–Kier alpha value is -5.33. The van der Waals surface area contributed by atoms with Gasteiger partial charge in [-0.15, -0.1) is 0 Å². The van der Waals surface area contributed by atoms with E-state index in [0.717, 1.165) is 30.3 Å². The van der Waals surface area contributed by atoms with Crippen LogP contribution in [0.3, 0.4) is 0 Å². The van der Waals surface area contributed by atoms with Crippen molar-refractivity contribution in [1.29, 1.82) is 5.26 Å². The molecule has 0 spiro atoms. The van der Waals surface area contributed by atoms with Gasteiger partial charge in [0, 0.05) is 31.5 Å². The Balaban J connectivity index is 0.000000516. The molecule has 0 radical (unpaired) electrons. The summed E-state index contributed by atoms with van der Waals surface area (Å²) in [5, 5.41) is 33.9. The quantitative estimate of drug-likeness (QED) is 0.0469. The predicted molar refractivity (Wildman–Crippen MR) is 204 cm³/mol. The van der Waals surface area contributed by atoms with E-state index in [9.17, 15) is 42.2 Å². The SMILES string of the molecule is CCNc1nc(Cl)nc(NC(C)(C)C#N)n1.CCOC(=O)C(C)OC(=O)c1cc(Oc2ccc(C(F)(F)F)cc2Cl)ccc1[N+](=O)[O-].CP(=O)(O)CCC(N)C(=O)O. The van der Waals surface area contributed by atoms with Crippen LogP contribution in [0.1, 0.15) is 57.0 Å². The summed E-state index contributed by atoms with van der Waals surface area (Å²) in [5.74, 6) is -2.83. The molecule has 19 nitrogen and oxygen atoms in total. The highest BCUT2D eigenvalue weighted by Gasteiger charge is 2.31. The van der Waals surface area contributed by atoms with Crippen LogP contribution in [-0.4, -0.2) is 91.4 Å². The highest BCUT2D eigenvalue weighted by Crippen LogP contribution is 2.38. The number of esters is 2. The number of carboxylic acid groups (broad SMARTS) is 1. The second-order valence-corrected chi connectivity index (χ2v) is 15.4. The molecule has 0 aliphatic carbocycles. The molecule has 3 aromatic rings. The molecule has 0 saturated carbocycles. The number of nitro benzene ring substituents is 1. The second kappa shape index (κ2) is 22.6. The van der Waals surface area contributed by atoms with Crippen molar-refractivity contribution in [2.24, 2.45) is 5.73 Å². The van der Waals surface area contributed by atoms with Crippen LogP contribution in [0, 0.1) is 21.4 Å². The zero-order chi connectivity index (χ0) is 44.6. The van der Waals surface area contributed by atoms with E-state index >= 15 is 0 Å². The summed E-state index contributed by atoms with van der Waals surface area (Å²) in [6, 6.07) is 6.43. The summed E-state index contributed by atoms with van der Waals surface area (Å²) in [5.41, 5.74) is 2.17. The summed E-state index contributed by atoms with van der Waals surface area (Å²) in [6.45, 7) is 10.0.